The van der Waals surface area contributed by atoms with Crippen molar-refractivity contribution in [2.75, 3.05) is 0 Å². The van der Waals surface area contributed by atoms with E-state index < -0.39 is 0 Å². The molecule has 0 aromatic heterocycles. The summed E-state index contributed by atoms with van der Waals surface area (Å²) in [6.07, 6.45) is 3.93. The minimum Gasteiger partial charge on any atom is -0.207 e. The van der Waals surface area contributed by atoms with Gasteiger partial charge in [0.2, 0.25) is 0 Å². The molecule has 0 nitrogen and oxygen atoms in total. The van der Waals surface area contributed by atoms with Crippen molar-refractivity contribution < 1.29 is 4.39 Å². The van der Waals surface area contributed by atoms with Crippen molar-refractivity contribution in [3.05, 3.63) is 34.6 Å². The maximum absolute atomic E-state index is 13.2. The van der Waals surface area contributed by atoms with Crippen molar-refractivity contribution in [3.8, 4) is 0 Å². The Morgan fingerprint density at radius 3 is 2.20 bits per heavy atom. The zero-order chi connectivity index (χ0) is 11.0. The van der Waals surface area contributed by atoms with Gasteiger partial charge in [-0.25, -0.2) is 4.39 Å². The van der Waals surface area contributed by atoms with E-state index in [1.807, 2.05) is 13.8 Å². The van der Waals surface area contributed by atoms with Crippen LogP contribution in [0.1, 0.15) is 40.8 Å². The highest BCUT2D eigenvalue weighted by Gasteiger charge is 2.28. The molecule has 1 aromatic carbocycles. The lowest BCUT2D eigenvalue weighted by atomic mass is 9.79. The molecular weight excluding hydrogens is 255 g/mol. The Morgan fingerprint density at radius 2 is 1.80 bits per heavy atom. The zero-order valence-electron chi connectivity index (χ0n) is 9.19. The van der Waals surface area contributed by atoms with Crippen LogP contribution in [0.2, 0.25) is 0 Å². The van der Waals surface area contributed by atoms with E-state index in [1.54, 1.807) is 12.1 Å². The summed E-state index contributed by atoms with van der Waals surface area (Å²) in [7, 11) is 0. The summed E-state index contributed by atoms with van der Waals surface area (Å²) >= 11 is 3.77. The van der Waals surface area contributed by atoms with Crippen LogP contribution in [0.3, 0.4) is 0 Å². The fourth-order valence-electron chi connectivity index (χ4n) is 2.33. The van der Waals surface area contributed by atoms with Gasteiger partial charge in [0, 0.05) is 4.83 Å². The van der Waals surface area contributed by atoms with Gasteiger partial charge in [-0.2, -0.15) is 0 Å². The number of hydrogen-bond acceptors (Lipinski definition) is 0. The average molecular weight is 271 g/mol. The molecule has 1 aliphatic carbocycles. The largest absolute Gasteiger partial charge is 0.207 e. The molecule has 1 unspecified atom stereocenters. The number of halogens is 2. The first-order chi connectivity index (χ1) is 7.09. The van der Waals surface area contributed by atoms with Crippen molar-refractivity contribution in [1.82, 2.24) is 0 Å². The van der Waals surface area contributed by atoms with Gasteiger partial charge in [0.25, 0.3) is 0 Å². The summed E-state index contributed by atoms with van der Waals surface area (Å²) in [5.74, 6) is 0.620. The van der Waals surface area contributed by atoms with E-state index in [2.05, 4.69) is 15.9 Å². The normalized spacial score (nSPS) is 18.7. The summed E-state index contributed by atoms with van der Waals surface area (Å²) in [5.41, 5.74) is 3.43. The lowest BCUT2D eigenvalue weighted by Crippen LogP contribution is -2.17. The summed E-state index contributed by atoms with van der Waals surface area (Å²) in [6.45, 7) is 4.00. The van der Waals surface area contributed by atoms with Crippen molar-refractivity contribution in [3.63, 3.8) is 0 Å². The van der Waals surface area contributed by atoms with Crippen molar-refractivity contribution in [2.45, 2.75) is 37.9 Å². The Bertz CT molecular complexity index is 346. The summed E-state index contributed by atoms with van der Waals surface area (Å²) in [4.78, 5) is 0.409. The molecule has 1 aromatic rings. The minimum absolute atomic E-state index is 0.123. The molecule has 1 aliphatic rings. The lowest BCUT2D eigenvalue weighted by molar-refractivity contribution is 0.311. The van der Waals surface area contributed by atoms with E-state index in [0.717, 1.165) is 17.0 Å². The Hall–Kier alpha value is -0.370. The first kappa shape index (κ1) is 11.1. The quantitative estimate of drug-likeness (QED) is 0.685. The highest BCUT2D eigenvalue weighted by molar-refractivity contribution is 9.09. The Balaban J connectivity index is 2.33. The monoisotopic (exact) mass is 270 g/mol. The maximum atomic E-state index is 13.2. The molecule has 2 heteroatoms. The molecule has 1 saturated carbocycles. The number of aryl methyl sites for hydroxylation is 2. The van der Waals surface area contributed by atoms with Gasteiger partial charge < -0.3 is 0 Å². The number of alkyl halides is 1. The molecule has 0 heterocycles. The van der Waals surface area contributed by atoms with E-state index in [4.69, 9.17) is 0 Å². The number of benzene rings is 1. The topological polar surface area (TPSA) is 0 Å². The van der Waals surface area contributed by atoms with Gasteiger partial charge >= 0.3 is 0 Å². The van der Waals surface area contributed by atoms with E-state index in [0.29, 0.717) is 4.83 Å². The second-order valence-corrected chi connectivity index (χ2v) is 5.53. The van der Waals surface area contributed by atoms with Crippen LogP contribution in [-0.4, -0.2) is 0 Å². The van der Waals surface area contributed by atoms with Gasteiger partial charge in [-0.1, -0.05) is 22.4 Å². The predicted octanol–water partition coefficient (Wildman–Crippen LogP) is 4.68. The minimum atomic E-state index is -0.123. The maximum Gasteiger partial charge on any atom is 0.123 e. The van der Waals surface area contributed by atoms with Crippen LogP contribution in [0, 0.1) is 25.6 Å². The smallest absolute Gasteiger partial charge is 0.123 e. The molecule has 0 N–H and O–H groups in total. The van der Waals surface area contributed by atoms with Crippen LogP contribution in [0.25, 0.3) is 0 Å². The van der Waals surface area contributed by atoms with Crippen LogP contribution < -0.4 is 0 Å². The van der Waals surface area contributed by atoms with Crippen LogP contribution in [-0.2, 0) is 0 Å². The van der Waals surface area contributed by atoms with Gasteiger partial charge in [0.05, 0.1) is 0 Å². The summed E-state index contributed by atoms with van der Waals surface area (Å²) in [5, 5.41) is 0. The Kier molecular flexibility index (Phi) is 3.15. The van der Waals surface area contributed by atoms with Gasteiger partial charge in [0.1, 0.15) is 5.82 Å². The van der Waals surface area contributed by atoms with Crippen LogP contribution >= 0.6 is 15.9 Å². The van der Waals surface area contributed by atoms with Crippen molar-refractivity contribution in [2.24, 2.45) is 5.92 Å². The summed E-state index contributed by atoms with van der Waals surface area (Å²) in [6, 6.07) is 3.27. The average Bonchev–Trinajstić information content (AvgIpc) is 1.97. The van der Waals surface area contributed by atoms with Gasteiger partial charge in [-0.3, -0.25) is 0 Å². The van der Waals surface area contributed by atoms with Crippen molar-refractivity contribution in [1.29, 1.82) is 0 Å². The molecule has 2 rings (SSSR count). The molecule has 0 aliphatic heterocycles. The molecule has 15 heavy (non-hydrogen) atoms. The van der Waals surface area contributed by atoms with Crippen LogP contribution in [0.4, 0.5) is 4.39 Å². The highest BCUT2D eigenvalue weighted by atomic mass is 79.9. The van der Waals surface area contributed by atoms with E-state index >= 15 is 0 Å². The first-order valence-electron chi connectivity index (χ1n) is 5.50. The van der Waals surface area contributed by atoms with Gasteiger partial charge in [-0.05, 0) is 61.4 Å². The van der Waals surface area contributed by atoms with E-state index in [1.165, 1.54) is 24.8 Å². The Labute approximate surface area is 99.0 Å². The second kappa shape index (κ2) is 4.25. The standard InChI is InChI=1S/C13H16BrF/c1-8-6-11(15)7-9(2)12(8)13(14)10-4-3-5-10/h6-7,10,13H,3-5H2,1-2H3. The molecule has 0 radical (unpaired) electrons. The third-order valence-electron chi connectivity index (χ3n) is 3.40. The number of hydrogen-bond donors (Lipinski definition) is 0. The van der Waals surface area contributed by atoms with E-state index in [9.17, 15) is 4.39 Å². The van der Waals surface area contributed by atoms with Crippen molar-refractivity contribution >= 4 is 15.9 Å². The molecule has 82 valence electrons. The van der Waals surface area contributed by atoms with E-state index in [-0.39, 0.29) is 5.82 Å². The fourth-order valence-corrected chi connectivity index (χ4v) is 3.58. The highest BCUT2D eigenvalue weighted by Crippen LogP contribution is 2.45. The third-order valence-corrected chi connectivity index (χ3v) is 4.60. The molecular formula is C13H16BrF. The third kappa shape index (κ3) is 2.10. The predicted molar refractivity (Wildman–Crippen MR) is 64.9 cm³/mol. The molecule has 0 bridgehead atoms. The fraction of sp³-hybridized carbons (Fsp3) is 0.538. The molecule has 0 amide bonds. The van der Waals surface area contributed by atoms with Crippen LogP contribution in [0.5, 0.6) is 0 Å². The molecule has 1 fully saturated rings. The molecule has 0 saturated heterocycles. The lowest BCUT2D eigenvalue weighted by Gasteiger charge is -2.32. The zero-order valence-corrected chi connectivity index (χ0v) is 10.8. The summed E-state index contributed by atoms with van der Waals surface area (Å²) < 4.78 is 13.2. The van der Waals surface area contributed by atoms with Gasteiger partial charge in [0.15, 0.2) is 0 Å². The van der Waals surface area contributed by atoms with Gasteiger partial charge in [-0.15, -0.1) is 0 Å². The molecule has 0 spiro atoms. The number of rotatable bonds is 2. The van der Waals surface area contributed by atoms with Crippen LogP contribution in [0.15, 0.2) is 12.1 Å². The second-order valence-electron chi connectivity index (χ2n) is 4.55. The first-order valence-corrected chi connectivity index (χ1v) is 6.42. The molecule has 1 atom stereocenters. The Morgan fingerprint density at radius 1 is 1.27 bits per heavy atom. The SMILES string of the molecule is Cc1cc(F)cc(C)c1C(Br)C1CCC1.